The van der Waals surface area contributed by atoms with E-state index in [1.54, 1.807) is 51.9 Å². The van der Waals surface area contributed by atoms with Crippen molar-refractivity contribution in [2.24, 2.45) is 11.8 Å². The number of likely N-dealkylation sites (tertiary alicyclic amines) is 1. The number of para-hydroxylation sites is 1. The Labute approximate surface area is 222 Å². The van der Waals surface area contributed by atoms with Crippen molar-refractivity contribution in [3.63, 3.8) is 0 Å². The van der Waals surface area contributed by atoms with Crippen molar-refractivity contribution in [1.29, 1.82) is 0 Å². The van der Waals surface area contributed by atoms with Crippen molar-refractivity contribution in [1.82, 2.24) is 9.80 Å². The van der Waals surface area contributed by atoms with Crippen LogP contribution >= 0.6 is 23.4 Å². The van der Waals surface area contributed by atoms with E-state index in [2.05, 4.69) is 13.2 Å². The maximum atomic E-state index is 14.3. The van der Waals surface area contributed by atoms with E-state index >= 15 is 0 Å². The number of aliphatic hydroxyl groups is 1. The number of halogens is 1. The van der Waals surface area contributed by atoms with E-state index in [-0.39, 0.29) is 42.7 Å². The minimum Gasteiger partial charge on any atom is -0.395 e. The lowest BCUT2D eigenvalue weighted by Crippen LogP contribution is -2.55. The summed E-state index contributed by atoms with van der Waals surface area (Å²) in [6.45, 7) is 10.6. The molecule has 1 N–H and O–H groups in total. The maximum Gasteiger partial charge on any atom is 0.251 e. The van der Waals surface area contributed by atoms with Crippen LogP contribution in [0.3, 0.4) is 0 Å². The molecule has 7 nitrogen and oxygen atoms in total. The fourth-order valence-corrected chi connectivity index (χ4v) is 8.69. The van der Waals surface area contributed by atoms with E-state index in [4.69, 9.17) is 11.6 Å². The summed E-state index contributed by atoms with van der Waals surface area (Å²) in [6, 6.07) is 6.30. The molecule has 2 bridgehead atoms. The molecule has 9 heteroatoms. The minimum atomic E-state index is -0.801. The molecule has 1 aromatic rings. The molecule has 3 heterocycles. The van der Waals surface area contributed by atoms with E-state index in [0.29, 0.717) is 30.2 Å². The molecule has 0 aliphatic carbocycles. The first-order chi connectivity index (χ1) is 17.4. The monoisotopic (exact) mass is 531 g/mol. The molecule has 3 aliphatic heterocycles. The van der Waals surface area contributed by atoms with Gasteiger partial charge in [-0.05, 0) is 31.4 Å². The van der Waals surface area contributed by atoms with Crippen molar-refractivity contribution in [2.45, 2.75) is 42.2 Å². The molecule has 1 aromatic carbocycles. The van der Waals surface area contributed by atoms with Crippen LogP contribution in [0.4, 0.5) is 5.69 Å². The number of anilines is 1. The van der Waals surface area contributed by atoms with Crippen molar-refractivity contribution in [3.8, 4) is 0 Å². The van der Waals surface area contributed by atoms with Crippen LogP contribution in [-0.2, 0) is 14.4 Å². The number of carbonyl (C=O) groups is 3. The van der Waals surface area contributed by atoms with Crippen LogP contribution in [0.15, 0.2) is 49.6 Å². The second-order valence-electron chi connectivity index (χ2n) is 9.57. The SMILES string of the molecule is C=CCN(CCC)C(=O)[C@@H]1[C@H]2C(=O)N(CCO)C(C(=O)N(CC=C)c3ccccc3Cl)C23CC[C@H]1S3. The molecular weight excluding hydrogens is 498 g/mol. The van der Waals surface area contributed by atoms with Gasteiger partial charge in [0.25, 0.3) is 5.91 Å². The smallest absolute Gasteiger partial charge is 0.251 e. The van der Waals surface area contributed by atoms with Crippen LogP contribution in [-0.4, -0.2) is 81.5 Å². The summed E-state index contributed by atoms with van der Waals surface area (Å²) < 4.78 is -0.721. The molecule has 3 saturated heterocycles. The van der Waals surface area contributed by atoms with Gasteiger partial charge >= 0.3 is 0 Å². The van der Waals surface area contributed by atoms with Gasteiger partial charge in [-0.1, -0.05) is 42.8 Å². The van der Waals surface area contributed by atoms with Crippen molar-refractivity contribution in [2.75, 3.05) is 37.7 Å². The predicted molar refractivity (Wildman–Crippen MR) is 144 cm³/mol. The van der Waals surface area contributed by atoms with Gasteiger partial charge < -0.3 is 19.8 Å². The highest BCUT2D eigenvalue weighted by atomic mass is 35.5. The standard InChI is InChI=1S/C27H34ClN3O4S/c1-4-13-29(14-5-2)24(33)21-20-11-12-27(36-20)22(21)25(34)31(16-17-32)23(27)26(35)30(15-6-3)19-10-8-7-9-18(19)28/h4,6-10,20-23,32H,1,3,5,11-17H2,2H3/t20-,21+,22+,23?,27?/m1/s1. The highest BCUT2D eigenvalue weighted by Crippen LogP contribution is 2.66. The van der Waals surface area contributed by atoms with Gasteiger partial charge in [0.2, 0.25) is 11.8 Å². The summed E-state index contributed by atoms with van der Waals surface area (Å²) >= 11 is 8.09. The molecule has 1 spiro atoms. The highest BCUT2D eigenvalue weighted by molar-refractivity contribution is 8.02. The molecule has 3 fully saturated rings. The van der Waals surface area contributed by atoms with Crippen LogP contribution in [0.1, 0.15) is 26.2 Å². The second kappa shape index (κ2) is 11.0. The summed E-state index contributed by atoms with van der Waals surface area (Å²) in [6.07, 6.45) is 5.58. The average Bonchev–Trinajstić information content (AvgIpc) is 3.50. The fourth-order valence-electron chi connectivity index (χ4n) is 6.24. The first-order valence-corrected chi connectivity index (χ1v) is 13.8. The Hall–Kier alpha value is -2.29. The third-order valence-electron chi connectivity index (χ3n) is 7.54. The quantitative estimate of drug-likeness (QED) is 0.443. The fraction of sp³-hybridized carbons (Fsp3) is 0.519. The Morgan fingerprint density at radius 1 is 1.25 bits per heavy atom. The minimum absolute atomic E-state index is 0.0182. The van der Waals surface area contributed by atoms with Crippen molar-refractivity contribution < 1.29 is 19.5 Å². The summed E-state index contributed by atoms with van der Waals surface area (Å²) in [5.41, 5.74) is 0.547. The lowest BCUT2D eigenvalue weighted by atomic mass is 9.70. The van der Waals surface area contributed by atoms with Gasteiger partial charge in [-0.3, -0.25) is 14.4 Å². The third-order valence-corrected chi connectivity index (χ3v) is 9.81. The Balaban J connectivity index is 1.75. The Bertz CT molecular complexity index is 1050. The first kappa shape index (κ1) is 26.8. The molecule has 0 radical (unpaired) electrons. The maximum absolute atomic E-state index is 14.3. The number of hydrogen-bond donors (Lipinski definition) is 1. The number of amides is 3. The van der Waals surface area contributed by atoms with Gasteiger partial charge in [-0.25, -0.2) is 0 Å². The first-order valence-electron chi connectivity index (χ1n) is 12.5. The number of β-amino-alcohol motifs (C(OH)–C–C–N with tert-alkyl or cyclic N) is 1. The third kappa shape index (κ3) is 4.27. The Morgan fingerprint density at radius 2 is 1.97 bits per heavy atom. The van der Waals surface area contributed by atoms with Gasteiger partial charge in [-0.15, -0.1) is 24.9 Å². The summed E-state index contributed by atoms with van der Waals surface area (Å²) in [5.74, 6) is -1.61. The number of hydrogen-bond acceptors (Lipinski definition) is 5. The highest BCUT2D eigenvalue weighted by Gasteiger charge is 2.74. The lowest BCUT2D eigenvalue weighted by molar-refractivity contribution is -0.144. The molecule has 36 heavy (non-hydrogen) atoms. The van der Waals surface area contributed by atoms with Gasteiger partial charge in [0.15, 0.2) is 0 Å². The molecule has 194 valence electrons. The number of rotatable bonds is 11. The topological polar surface area (TPSA) is 81.2 Å². The van der Waals surface area contributed by atoms with E-state index in [1.165, 1.54) is 4.90 Å². The number of carbonyl (C=O) groups excluding carboxylic acids is 3. The van der Waals surface area contributed by atoms with Crippen LogP contribution in [0, 0.1) is 11.8 Å². The number of benzene rings is 1. The van der Waals surface area contributed by atoms with E-state index in [1.807, 2.05) is 13.0 Å². The van der Waals surface area contributed by atoms with Crippen LogP contribution in [0.25, 0.3) is 0 Å². The largest absolute Gasteiger partial charge is 0.395 e. The van der Waals surface area contributed by atoms with E-state index < -0.39 is 22.6 Å². The Kier molecular flexibility index (Phi) is 8.17. The van der Waals surface area contributed by atoms with Crippen molar-refractivity contribution in [3.05, 3.63) is 54.6 Å². The van der Waals surface area contributed by atoms with Gasteiger partial charge in [0.1, 0.15) is 6.04 Å². The molecule has 0 aromatic heterocycles. The number of aliphatic hydroxyl groups excluding tert-OH is 1. The lowest BCUT2D eigenvalue weighted by Gasteiger charge is -2.37. The van der Waals surface area contributed by atoms with Gasteiger partial charge in [0, 0.05) is 31.4 Å². The zero-order valence-electron chi connectivity index (χ0n) is 20.6. The molecule has 4 rings (SSSR count). The van der Waals surface area contributed by atoms with Crippen LogP contribution in [0.2, 0.25) is 5.02 Å². The van der Waals surface area contributed by atoms with Gasteiger partial charge in [0.05, 0.1) is 33.9 Å². The normalized spacial score (nSPS) is 28.2. The zero-order chi connectivity index (χ0) is 26.0. The van der Waals surface area contributed by atoms with Crippen LogP contribution in [0.5, 0.6) is 0 Å². The number of fused-ring (bicyclic) bond motifs is 1. The summed E-state index contributed by atoms with van der Waals surface area (Å²) in [7, 11) is 0. The number of thioether (sulfide) groups is 1. The molecular formula is C27H34ClN3O4S. The van der Waals surface area contributed by atoms with Gasteiger partial charge in [-0.2, -0.15) is 0 Å². The number of nitrogens with zero attached hydrogens (tertiary/aromatic N) is 3. The molecule has 5 atom stereocenters. The summed E-state index contributed by atoms with van der Waals surface area (Å²) in [4.78, 5) is 46.8. The molecule has 2 unspecified atom stereocenters. The van der Waals surface area contributed by atoms with E-state index in [9.17, 15) is 19.5 Å². The average molecular weight is 532 g/mol. The molecule has 3 aliphatic rings. The predicted octanol–water partition coefficient (Wildman–Crippen LogP) is 3.37. The van der Waals surface area contributed by atoms with Crippen LogP contribution < -0.4 is 4.90 Å². The Morgan fingerprint density at radius 3 is 2.61 bits per heavy atom. The molecule has 3 amide bonds. The second-order valence-corrected chi connectivity index (χ2v) is 11.6. The van der Waals surface area contributed by atoms with E-state index in [0.717, 1.165) is 12.8 Å². The summed E-state index contributed by atoms with van der Waals surface area (Å²) in [5, 5.41) is 10.2. The zero-order valence-corrected chi connectivity index (χ0v) is 22.2. The van der Waals surface area contributed by atoms with Crippen molar-refractivity contribution >= 4 is 46.8 Å². The molecule has 0 saturated carbocycles.